The average molecular weight is 172 g/mol. The Hall–Kier alpha value is -2.08. The molecule has 0 aromatic carbocycles. The number of rotatable bonds is 0. The van der Waals surface area contributed by atoms with E-state index in [1.165, 1.54) is 13.8 Å². The van der Waals surface area contributed by atoms with Crippen LogP contribution in [-0.2, 0) is 9.59 Å². The van der Waals surface area contributed by atoms with E-state index < -0.39 is 11.9 Å². The Morgan fingerprint density at radius 3 is 1.08 bits per heavy atom. The fourth-order valence-electron chi connectivity index (χ4n) is 0. The highest BCUT2D eigenvalue weighted by atomic mass is 16.4. The van der Waals surface area contributed by atoms with Gasteiger partial charge in [-0.2, -0.15) is 10.5 Å². The molecule has 0 saturated heterocycles. The van der Waals surface area contributed by atoms with Crippen molar-refractivity contribution >= 4 is 11.9 Å². The topological polar surface area (TPSA) is 122 Å². The molecular formula is C6H8N2O4. The quantitative estimate of drug-likeness (QED) is 0.503. The Labute approximate surface area is 69.3 Å². The molecule has 0 heterocycles. The number of carboxylic acids is 2. The van der Waals surface area contributed by atoms with Gasteiger partial charge in [-0.1, -0.05) is 0 Å². The van der Waals surface area contributed by atoms with Crippen LogP contribution < -0.4 is 0 Å². The van der Waals surface area contributed by atoms with E-state index in [9.17, 15) is 0 Å². The maximum absolute atomic E-state index is 9.10. The Bertz CT molecular complexity index is 187. The van der Waals surface area contributed by atoms with Gasteiger partial charge in [0.25, 0.3) is 0 Å². The highest BCUT2D eigenvalue weighted by Crippen LogP contribution is 1.56. The molecule has 0 atom stereocenters. The summed E-state index contributed by atoms with van der Waals surface area (Å²) in [5.41, 5.74) is 0. The summed E-state index contributed by atoms with van der Waals surface area (Å²) < 4.78 is 0. The molecule has 0 bridgehead atoms. The normalized spacial score (nSPS) is 5.00. The van der Waals surface area contributed by atoms with Crippen LogP contribution in [0.15, 0.2) is 0 Å². The highest BCUT2D eigenvalue weighted by molar-refractivity contribution is 6.27. The Morgan fingerprint density at radius 2 is 1.08 bits per heavy atom. The maximum atomic E-state index is 9.10. The summed E-state index contributed by atoms with van der Waals surface area (Å²) >= 11 is 0. The molecule has 0 aliphatic carbocycles. The molecule has 6 heteroatoms. The predicted octanol–water partition coefficient (Wildman–Crippen LogP) is 0.215. The van der Waals surface area contributed by atoms with Crippen LogP contribution in [-0.4, -0.2) is 22.2 Å². The van der Waals surface area contributed by atoms with E-state index in [2.05, 4.69) is 0 Å². The van der Waals surface area contributed by atoms with Crippen molar-refractivity contribution in [1.82, 2.24) is 0 Å². The lowest BCUT2D eigenvalue weighted by Crippen LogP contribution is -2.09. The van der Waals surface area contributed by atoms with E-state index >= 15 is 0 Å². The molecule has 0 aliphatic rings. The fraction of sp³-hybridized carbons (Fsp3) is 0.333. The molecule has 0 saturated carbocycles. The van der Waals surface area contributed by atoms with Gasteiger partial charge < -0.3 is 10.2 Å². The number of hydrogen-bond acceptors (Lipinski definition) is 4. The smallest absolute Gasteiger partial charge is 0.414 e. The number of carboxylic acid groups (broad SMARTS) is 2. The Morgan fingerprint density at radius 1 is 1.00 bits per heavy atom. The lowest BCUT2D eigenvalue weighted by Gasteiger charge is -1.72. The zero-order chi connectivity index (χ0) is 10.6. The minimum absolute atomic E-state index is 1.43. The van der Waals surface area contributed by atoms with Crippen molar-refractivity contribution < 1.29 is 19.8 Å². The van der Waals surface area contributed by atoms with Gasteiger partial charge in [-0.05, 0) is 0 Å². The van der Waals surface area contributed by atoms with Gasteiger partial charge >= 0.3 is 11.9 Å². The van der Waals surface area contributed by atoms with E-state index in [1.807, 2.05) is 0 Å². The first-order chi connectivity index (χ1) is 5.47. The molecule has 12 heavy (non-hydrogen) atoms. The fourth-order valence-corrected chi connectivity index (χ4v) is 0. The minimum Gasteiger partial charge on any atom is -0.473 e. The highest BCUT2D eigenvalue weighted by Gasteiger charge is 2.04. The number of carbonyl (C=O) groups is 2. The largest absolute Gasteiger partial charge is 0.473 e. The third kappa shape index (κ3) is 103. The molecular weight excluding hydrogens is 164 g/mol. The third-order valence-electron chi connectivity index (χ3n) is 0.183. The molecule has 2 N–H and O–H groups in total. The number of aliphatic carboxylic acids is 2. The first kappa shape index (κ1) is 16.5. The summed E-state index contributed by atoms with van der Waals surface area (Å²) in [6, 6.07) is 3.50. The molecule has 66 valence electrons. The molecule has 0 aliphatic heterocycles. The zero-order valence-corrected chi connectivity index (χ0v) is 6.61. The molecule has 0 amide bonds. The number of nitrogens with zero attached hydrogens (tertiary/aromatic N) is 2. The van der Waals surface area contributed by atoms with Gasteiger partial charge in [0.15, 0.2) is 0 Å². The number of hydrogen-bond donors (Lipinski definition) is 2. The summed E-state index contributed by atoms with van der Waals surface area (Å²) in [5, 5.41) is 29.4. The first-order valence-corrected chi connectivity index (χ1v) is 2.55. The van der Waals surface area contributed by atoms with Crippen molar-refractivity contribution in [3.63, 3.8) is 0 Å². The van der Waals surface area contributed by atoms with Gasteiger partial charge in [-0.25, -0.2) is 9.59 Å². The molecule has 0 radical (unpaired) electrons. The van der Waals surface area contributed by atoms with Crippen LogP contribution in [0.2, 0.25) is 0 Å². The van der Waals surface area contributed by atoms with Gasteiger partial charge in [0.1, 0.15) is 0 Å². The maximum Gasteiger partial charge on any atom is 0.414 e. The first-order valence-electron chi connectivity index (χ1n) is 2.55. The van der Waals surface area contributed by atoms with Crippen molar-refractivity contribution in [2.75, 3.05) is 0 Å². The van der Waals surface area contributed by atoms with E-state index in [0.717, 1.165) is 0 Å². The molecule has 6 nitrogen and oxygen atoms in total. The lowest BCUT2D eigenvalue weighted by atomic mass is 10.7. The van der Waals surface area contributed by atoms with Crippen LogP contribution in [0, 0.1) is 22.7 Å². The van der Waals surface area contributed by atoms with Gasteiger partial charge in [-0.3, -0.25) is 0 Å². The van der Waals surface area contributed by atoms with E-state index in [4.69, 9.17) is 30.3 Å². The summed E-state index contributed by atoms with van der Waals surface area (Å²) in [7, 11) is 0. The Balaban J connectivity index is -0.000000115. The van der Waals surface area contributed by atoms with Crippen molar-refractivity contribution in [3.8, 4) is 12.1 Å². The third-order valence-corrected chi connectivity index (χ3v) is 0.183. The van der Waals surface area contributed by atoms with Gasteiger partial charge in [0.05, 0.1) is 12.1 Å². The van der Waals surface area contributed by atoms with Crippen LogP contribution in [0.5, 0.6) is 0 Å². The predicted molar refractivity (Wildman–Crippen MR) is 37.8 cm³/mol. The summed E-state index contributed by atoms with van der Waals surface area (Å²) in [4.78, 5) is 18.2. The van der Waals surface area contributed by atoms with Crippen LogP contribution in [0.3, 0.4) is 0 Å². The second-order valence-corrected chi connectivity index (χ2v) is 1.06. The van der Waals surface area contributed by atoms with Crippen LogP contribution in [0.1, 0.15) is 13.8 Å². The molecule has 0 unspecified atom stereocenters. The minimum atomic E-state index is -1.82. The van der Waals surface area contributed by atoms with E-state index in [0.29, 0.717) is 0 Å². The molecule has 0 aromatic heterocycles. The number of nitriles is 2. The molecule has 0 aromatic rings. The standard InChI is InChI=1S/2C2H3N.C2H2O4/c2*1-2-3;3-1(4)2(5)6/h2*1H3;(H,3,4)(H,5,6). The monoisotopic (exact) mass is 172 g/mol. The summed E-state index contributed by atoms with van der Waals surface area (Å²) in [5.74, 6) is -3.65. The molecule has 0 spiro atoms. The van der Waals surface area contributed by atoms with Crippen LogP contribution >= 0.6 is 0 Å². The summed E-state index contributed by atoms with van der Waals surface area (Å²) in [6.45, 7) is 2.86. The van der Waals surface area contributed by atoms with Crippen molar-refractivity contribution in [3.05, 3.63) is 0 Å². The summed E-state index contributed by atoms with van der Waals surface area (Å²) in [6.07, 6.45) is 0. The lowest BCUT2D eigenvalue weighted by molar-refractivity contribution is -0.159. The second-order valence-electron chi connectivity index (χ2n) is 1.06. The van der Waals surface area contributed by atoms with Crippen LogP contribution in [0.4, 0.5) is 0 Å². The van der Waals surface area contributed by atoms with Gasteiger partial charge in [0, 0.05) is 13.8 Å². The average Bonchev–Trinajstić information content (AvgIpc) is 1.90. The van der Waals surface area contributed by atoms with Crippen molar-refractivity contribution in [1.29, 1.82) is 10.5 Å². The SMILES string of the molecule is CC#N.CC#N.O=C(O)C(=O)O. The van der Waals surface area contributed by atoms with Crippen molar-refractivity contribution in [2.24, 2.45) is 0 Å². The molecule has 0 rings (SSSR count). The van der Waals surface area contributed by atoms with Gasteiger partial charge in [0.2, 0.25) is 0 Å². The van der Waals surface area contributed by atoms with Gasteiger partial charge in [-0.15, -0.1) is 0 Å². The zero-order valence-electron chi connectivity index (χ0n) is 6.61. The van der Waals surface area contributed by atoms with Crippen LogP contribution in [0.25, 0.3) is 0 Å². The second kappa shape index (κ2) is 16.0. The molecule has 0 fully saturated rings. The van der Waals surface area contributed by atoms with E-state index in [-0.39, 0.29) is 0 Å². The van der Waals surface area contributed by atoms with Crippen molar-refractivity contribution in [2.45, 2.75) is 13.8 Å². The van der Waals surface area contributed by atoms with E-state index in [1.54, 1.807) is 12.1 Å². The Kier molecular flexibility index (Phi) is 21.9.